The monoisotopic (exact) mass is 177 g/mol. The fourth-order valence-electron chi connectivity index (χ4n) is 0.699. The first kappa shape index (κ1) is 8.40. The zero-order valence-corrected chi connectivity index (χ0v) is 6.57. The molecular formula is C7H6ClF2N. The standard InChI is InChI=1S/C7H6ClF2N/c1-4-2-5(7(9)10)3-11-6(4)8/h2-3,7H,1H3. The Morgan fingerprint density at radius 3 is 2.64 bits per heavy atom. The number of rotatable bonds is 1. The molecule has 1 nitrogen and oxygen atoms in total. The summed E-state index contributed by atoms with van der Waals surface area (Å²) in [5, 5.41) is 0.273. The topological polar surface area (TPSA) is 12.9 Å². The average Bonchev–Trinajstić information content (AvgIpc) is 1.94. The summed E-state index contributed by atoms with van der Waals surface area (Å²) in [6, 6.07) is 1.33. The number of aromatic nitrogens is 1. The van der Waals surface area contributed by atoms with E-state index in [1.54, 1.807) is 6.92 Å². The Labute approximate surface area is 68.0 Å². The molecule has 1 aromatic rings. The largest absolute Gasteiger partial charge is 0.265 e. The second-order valence-electron chi connectivity index (χ2n) is 2.18. The van der Waals surface area contributed by atoms with Crippen LogP contribution in [-0.4, -0.2) is 4.98 Å². The molecule has 1 aromatic heterocycles. The highest BCUT2D eigenvalue weighted by Crippen LogP contribution is 2.21. The minimum absolute atomic E-state index is 0.0908. The molecule has 0 amide bonds. The predicted molar refractivity (Wildman–Crippen MR) is 38.9 cm³/mol. The van der Waals surface area contributed by atoms with Crippen molar-refractivity contribution in [2.24, 2.45) is 0 Å². The lowest BCUT2D eigenvalue weighted by atomic mass is 10.2. The van der Waals surface area contributed by atoms with Crippen molar-refractivity contribution in [2.75, 3.05) is 0 Å². The molecule has 1 rings (SSSR count). The van der Waals surface area contributed by atoms with Crippen LogP contribution in [0.3, 0.4) is 0 Å². The lowest BCUT2D eigenvalue weighted by molar-refractivity contribution is 0.151. The molecule has 11 heavy (non-hydrogen) atoms. The minimum atomic E-state index is -2.47. The highest BCUT2D eigenvalue weighted by atomic mass is 35.5. The zero-order chi connectivity index (χ0) is 8.43. The van der Waals surface area contributed by atoms with Gasteiger partial charge in [-0.1, -0.05) is 11.6 Å². The highest BCUT2D eigenvalue weighted by molar-refractivity contribution is 6.30. The molecule has 0 aromatic carbocycles. The second-order valence-corrected chi connectivity index (χ2v) is 2.54. The van der Waals surface area contributed by atoms with Crippen molar-refractivity contribution in [1.29, 1.82) is 0 Å². The van der Waals surface area contributed by atoms with Gasteiger partial charge < -0.3 is 0 Å². The Kier molecular flexibility index (Phi) is 2.39. The number of nitrogens with zero attached hydrogens (tertiary/aromatic N) is 1. The van der Waals surface area contributed by atoms with Crippen molar-refractivity contribution in [1.82, 2.24) is 4.98 Å². The maximum Gasteiger partial charge on any atom is 0.265 e. The van der Waals surface area contributed by atoms with Crippen LogP contribution in [0.25, 0.3) is 0 Å². The van der Waals surface area contributed by atoms with Gasteiger partial charge in [-0.15, -0.1) is 0 Å². The van der Waals surface area contributed by atoms with Crippen molar-refractivity contribution < 1.29 is 8.78 Å². The van der Waals surface area contributed by atoms with Gasteiger partial charge in [0.05, 0.1) is 0 Å². The molecule has 60 valence electrons. The third-order valence-corrected chi connectivity index (χ3v) is 1.68. The Balaban J connectivity index is 3.05. The van der Waals surface area contributed by atoms with Crippen LogP contribution < -0.4 is 0 Å². The van der Waals surface area contributed by atoms with E-state index in [9.17, 15) is 8.78 Å². The number of hydrogen-bond donors (Lipinski definition) is 0. The smallest absolute Gasteiger partial charge is 0.244 e. The average molecular weight is 178 g/mol. The third-order valence-electron chi connectivity index (χ3n) is 1.29. The van der Waals surface area contributed by atoms with Crippen molar-refractivity contribution in [3.63, 3.8) is 0 Å². The number of hydrogen-bond acceptors (Lipinski definition) is 1. The Bertz CT molecular complexity index is 263. The SMILES string of the molecule is Cc1cc(C(F)F)cnc1Cl. The van der Waals surface area contributed by atoms with Crippen LogP contribution in [0.15, 0.2) is 12.3 Å². The van der Waals surface area contributed by atoms with Gasteiger partial charge in [-0.3, -0.25) is 0 Å². The summed E-state index contributed by atoms with van der Waals surface area (Å²) in [6.45, 7) is 1.64. The quantitative estimate of drug-likeness (QED) is 0.601. The molecule has 0 saturated carbocycles. The molecule has 0 fully saturated rings. The fourth-order valence-corrected chi connectivity index (χ4v) is 0.803. The maximum atomic E-state index is 12.0. The summed E-state index contributed by atoms with van der Waals surface area (Å²) < 4.78 is 24.0. The second kappa shape index (κ2) is 3.13. The van der Waals surface area contributed by atoms with Crippen molar-refractivity contribution in [2.45, 2.75) is 13.3 Å². The summed E-state index contributed by atoms with van der Waals surface area (Å²) in [5.41, 5.74) is 0.483. The van der Waals surface area contributed by atoms with E-state index in [4.69, 9.17) is 11.6 Å². The van der Waals surface area contributed by atoms with Crippen molar-refractivity contribution in [3.8, 4) is 0 Å². The van der Waals surface area contributed by atoms with Crippen LogP contribution in [-0.2, 0) is 0 Å². The van der Waals surface area contributed by atoms with Gasteiger partial charge in [0, 0.05) is 11.8 Å². The van der Waals surface area contributed by atoms with Gasteiger partial charge in [-0.25, -0.2) is 13.8 Å². The molecule has 0 aliphatic rings. The maximum absolute atomic E-state index is 12.0. The number of aryl methyl sites for hydroxylation is 1. The Hall–Kier alpha value is -0.700. The van der Waals surface area contributed by atoms with E-state index in [1.165, 1.54) is 6.07 Å². The van der Waals surface area contributed by atoms with E-state index in [2.05, 4.69) is 4.98 Å². The van der Waals surface area contributed by atoms with Crippen molar-refractivity contribution in [3.05, 3.63) is 28.5 Å². The summed E-state index contributed by atoms with van der Waals surface area (Å²) in [6.07, 6.45) is -1.39. The van der Waals surface area contributed by atoms with Gasteiger partial charge in [0.2, 0.25) is 0 Å². The summed E-state index contributed by atoms with van der Waals surface area (Å²) >= 11 is 5.53. The highest BCUT2D eigenvalue weighted by Gasteiger charge is 2.08. The van der Waals surface area contributed by atoms with Gasteiger partial charge in [0.25, 0.3) is 6.43 Å². The van der Waals surface area contributed by atoms with E-state index < -0.39 is 6.43 Å². The van der Waals surface area contributed by atoms with Crippen LogP contribution in [0.1, 0.15) is 17.6 Å². The zero-order valence-electron chi connectivity index (χ0n) is 5.81. The van der Waals surface area contributed by atoms with E-state index in [0.29, 0.717) is 5.56 Å². The minimum Gasteiger partial charge on any atom is -0.244 e. The van der Waals surface area contributed by atoms with Crippen LogP contribution in [0.4, 0.5) is 8.78 Å². The van der Waals surface area contributed by atoms with Crippen LogP contribution in [0.5, 0.6) is 0 Å². The Morgan fingerprint density at radius 1 is 1.55 bits per heavy atom. The fraction of sp³-hybridized carbons (Fsp3) is 0.286. The molecule has 4 heteroatoms. The van der Waals surface area contributed by atoms with Crippen LogP contribution in [0, 0.1) is 6.92 Å². The molecule has 0 bridgehead atoms. The van der Waals surface area contributed by atoms with Gasteiger partial charge in [-0.05, 0) is 18.6 Å². The molecular weight excluding hydrogens is 172 g/mol. The molecule has 0 atom stereocenters. The normalized spacial score (nSPS) is 10.6. The van der Waals surface area contributed by atoms with E-state index >= 15 is 0 Å². The lowest BCUT2D eigenvalue weighted by Gasteiger charge is -2.00. The molecule has 0 aliphatic heterocycles. The third kappa shape index (κ3) is 1.87. The number of halogens is 3. The Morgan fingerprint density at radius 2 is 2.18 bits per heavy atom. The first-order valence-corrected chi connectivity index (χ1v) is 3.39. The summed E-state index contributed by atoms with van der Waals surface area (Å²) in [4.78, 5) is 3.59. The number of alkyl halides is 2. The van der Waals surface area contributed by atoms with E-state index in [1.807, 2.05) is 0 Å². The van der Waals surface area contributed by atoms with Gasteiger partial charge in [0.15, 0.2) is 0 Å². The molecule has 0 unspecified atom stereocenters. The van der Waals surface area contributed by atoms with Gasteiger partial charge in [0.1, 0.15) is 5.15 Å². The predicted octanol–water partition coefficient (Wildman–Crippen LogP) is 2.98. The molecule has 1 heterocycles. The van der Waals surface area contributed by atoms with E-state index in [0.717, 1.165) is 6.20 Å². The van der Waals surface area contributed by atoms with Gasteiger partial charge in [-0.2, -0.15) is 0 Å². The molecule has 0 radical (unpaired) electrons. The van der Waals surface area contributed by atoms with Gasteiger partial charge >= 0.3 is 0 Å². The first-order chi connectivity index (χ1) is 5.11. The summed E-state index contributed by atoms with van der Waals surface area (Å²) in [5.74, 6) is 0. The number of pyridine rings is 1. The first-order valence-electron chi connectivity index (χ1n) is 3.01. The molecule has 0 N–H and O–H groups in total. The van der Waals surface area contributed by atoms with Crippen LogP contribution >= 0.6 is 11.6 Å². The molecule has 0 saturated heterocycles. The molecule has 0 aliphatic carbocycles. The molecule has 0 spiro atoms. The van der Waals surface area contributed by atoms with E-state index in [-0.39, 0.29) is 10.7 Å². The van der Waals surface area contributed by atoms with Crippen LogP contribution in [0.2, 0.25) is 5.15 Å². The van der Waals surface area contributed by atoms with Crippen molar-refractivity contribution >= 4 is 11.6 Å². The lowest BCUT2D eigenvalue weighted by Crippen LogP contribution is -1.88. The summed E-state index contributed by atoms with van der Waals surface area (Å²) in [7, 11) is 0.